The number of aromatic nitrogens is 4. The van der Waals surface area contributed by atoms with Gasteiger partial charge in [-0.2, -0.15) is 4.98 Å². The zero-order valence-corrected chi connectivity index (χ0v) is 21.4. The summed E-state index contributed by atoms with van der Waals surface area (Å²) in [5, 5.41) is 0. The summed E-state index contributed by atoms with van der Waals surface area (Å²) in [4.78, 5) is 34.1. The third-order valence-electron chi connectivity index (χ3n) is 5.48. The fourth-order valence-electron chi connectivity index (χ4n) is 4.70. The molecule has 0 aliphatic carbocycles. The van der Waals surface area contributed by atoms with E-state index < -0.39 is 41.9 Å². The number of nitrogen functional groups attached to an aromatic ring is 1. The normalized spacial score (nSPS) is 30.0. The van der Waals surface area contributed by atoms with Gasteiger partial charge in [0.25, 0.3) is 5.56 Å². The topological polar surface area (TPSA) is 147 Å². The second-order valence-electron chi connectivity index (χ2n) is 10.9. The summed E-state index contributed by atoms with van der Waals surface area (Å²) >= 11 is 5.36. The van der Waals surface area contributed by atoms with E-state index in [-0.39, 0.29) is 22.5 Å². The molecule has 0 spiro atoms. The quantitative estimate of drug-likeness (QED) is 0.522. The van der Waals surface area contributed by atoms with Crippen molar-refractivity contribution in [3.63, 3.8) is 0 Å². The van der Waals surface area contributed by atoms with Crippen LogP contribution in [0.15, 0.2) is 11.1 Å². The minimum absolute atomic E-state index is 0.0298. The van der Waals surface area contributed by atoms with E-state index in [1.54, 1.807) is 25.3 Å². The third-order valence-corrected chi connectivity index (χ3v) is 7.23. The first-order valence-electron chi connectivity index (χ1n) is 10.8. The van der Waals surface area contributed by atoms with E-state index in [0.717, 1.165) is 0 Å². The van der Waals surface area contributed by atoms with Gasteiger partial charge in [-0.25, -0.2) is 4.98 Å². The molecule has 4 heterocycles. The fraction of sp³-hybridized carbons (Fsp3) is 0.750. The van der Waals surface area contributed by atoms with Gasteiger partial charge >= 0.3 is 6.72 Å². The lowest BCUT2D eigenvalue weighted by Crippen LogP contribution is -2.51. The molecule has 2 bridgehead atoms. The van der Waals surface area contributed by atoms with Gasteiger partial charge in [0, 0.05) is 6.42 Å². The van der Waals surface area contributed by atoms with Crippen LogP contribution < -0.4 is 11.3 Å². The number of rotatable bonds is 5. The number of nitrogens with two attached hydrogens (primary N) is 1. The molecule has 2 aromatic rings. The second-order valence-corrected chi connectivity index (χ2v) is 13.6. The van der Waals surface area contributed by atoms with E-state index in [0.29, 0.717) is 19.4 Å². The van der Waals surface area contributed by atoms with Crippen LogP contribution in [-0.4, -0.2) is 54.4 Å². The van der Waals surface area contributed by atoms with Crippen molar-refractivity contribution in [3.05, 3.63) is 16.7 Å². The Bertz CT molecular complexity index is 1150. The maximum Gasteiger partial charge on any atom is 0.325 e. The number of nitrogens with zero attached hydrogens (tertiary/aromatic N) is 3. The van der Waals surface area contributed by atoms with Crippen molar-refractivity contribution in [3.8, 4) is 0 Å². The first-order valence-corrected chi connectivity index (χ1v) is 13.4. The van der Waals surface area contributed by atoms with Gasteiger partial charge in [-0.05, 0) is 44.4 Å². The number of fused-ring (bicyclic) bond motifs is 3. The van der Waals surface area contributed by atoms with Crippen molar-refractivity contribution in [2.24, 2.45) is 5.41 Å². The van der Waals surface area contributed by atoms with Crippen LogP contribution in [0.4, 0.5) is 5.95 Å². The van der Waals surface area contributed by atoms with Gasteiger partial charge in [-0.1, -0.05) is 20.8 Å². The molecule has 33 heavy (non-hydrogen) atoms. The van der Waals surface area contributed by atoms with Gasteiger partial charge in [0.05, 0.1) is 18.5 Å². The van der Waals surface area contributed by atoms with Crippen molar-refractivity contribution in [1.29, 1.82) is 0 Å². The van der Waals surface area contributed by atoms with Gasteiger partial charge in [0.2, 0.25) is 5.95 Å². The molecular formula is C20H32N5O6PS. The first-order chi connectivity index (χ1) is 15.1. The Morgan fingerprint density at radius 1 is 1.39 bits per heavy atom. The maximum atomic E-state index is 12.3. The molecule has 0 saturated carbocycles. The summed E-state index contributed by atoms with van der Waals surface area (Å²) in [6, 6.07) is 0. The number of aromatic amines is 1. The lowest BCUT2D eigenvalue weighted by atomic mass is 9.76. The van der Waals surface area contributed by atoms with Gasteiger partial charge in [0.1, 0.15) is 17.8 Å². The summed E-state index contributed by atoms with van der Waals surface area (Å²) < 4.78 is 26.2. The standard InChI is InChI=1S/C20H32N5O6PS/c1-18(2,3)9-20-7-8-28-12(13(20)30-32(27,33)31-19(4,5)6)16(29-20)25-10-22-11-14(25)23-17(21)24-15(11)26/h10,12-13,16H,7-9H2,1-6H3,(H,27,33)(H3,21,23,24,26)/t12?,13-,16-,20-,32?/m1/s1. The molecule has 2 aliphatic heterocycles. The number of H-pyrrole nitrogens is 1. The summed E-state index contributed by atoms with van der Waals surface area (Å²) in [5.41, 5.74) is 4.12. The van der Waals surface area contributed by atoms with Crippen molar-refractivity contribution < 1.29 is 23.4 Å². The minimum atomic E-state index is -3.63. The monoisotopic (exact) mass is 501 g/mol. The van der Waals surface area contributed by atoms with E-state index in [4.69, 9.17) is 36.1 Å². The number of hydrogen-bond acceptors (Lipinski definition) is 9. The molecule has 4 N–H and O–H groups in total. The van der Waals surface area contributed by atoms with Crippen LogP contribution in [0.1, 0.15) is 60.6 Å². The van der Waals surface area contributed by atoms with Crippen molar-refractivity contribution in [1.82, 2.24) is 19.5 Å². The zero-order valence-electron chi connectivity index (χ0n) is 19.7. The molecule has 0 aromatic carbocycles. The van der Waals surface area contributed by atoms with E-state index in [2.05, 4.69) is 35.7 Å². The number of nitrogens with one attached hydrogen (secondary N) is 1. The Morgan fingerprint density at radius 3 is 2.73 bits per heavy atom. The number of ether oxygens (including phenoxy) is 2. The highest BCUT2D eigenvalue weighted by Crippen LogP contribution is 2.58. The lowest BCUT2D eigenvalue weighted by molar-refractivity contribution is -0.134. The highest BCUT2D eigenvalue weighted by Gasteiger charge is 2.62. The summed E-state index contributed by atoms with van der Waals surface area (Å²) in [6.07, 6.45) is 0.570. The van der Waals surface area contributed by atoms with E-state index in [1.165, 1.54) is 6.33 Å². The van der Waals surface area contributed by atoms with Crippen molar-refractivity contribution in [2.45, 2.75) is 84.0 Å². The smallest absolute Gasteiger partial charge is 0.325 e. The van der Waals surface area contributed by atoms with Crippen LogP contribution in [0.25, 0.3) is 11.2 Å². The predicted octanol–water partition coefficient (Wildman–Crippen LogP) is 2.61. The molecule has 0 radical (unpaired) electrons. The predicted molar refractivity (Wildman–Crippen MR) is 126 cm³/mol. The molecule has 184 valence electrons. The van der Waals surface area contributed by atoms with Crippen LogP contribution in [0.2, 0.25) is 0 Å². The number of anilines is 1. The van der Waals surface area contributed by atoms with Crippen LogP contribution >= 0.6 is 6.72 Å². The SMILES string of the molecule is CC(C)(C)C[C@@]12CCOC([C@H](n3cnc4c(=O)[nH]c(N)nc43)O1)[C@H]2OP(O)(=S)OC(C)(C)C. The largest absolute Gasteiger partial charge is 0.371 e. The van der Waals surface area contributed by atoms with Crippen LogP contribution in [0.5, 0.6) is 0 Å². The van der Waals surface area contributed by atoms with E-state index in [1.807, 2.05) is 0 Å². The average Bonchev–Trinajstić information content (AvgIpc) is 3.06. The second kappa shape index (κ2) is 8.08. The Morgan fingerprint density at radius 2 is 2.09 bits per heavy atom. The molecule has 2 aliphatic rings. The summed E-state index contributed by atoms with van der Waals surface area (Å²) in [7, 11) is 0. The lowest BCUT2D eigenvalue weighted by Gasteiger charge is -2.43. The molecule has 2 fully saturated rings. The average molecular weight is 502 g/mol. The molecule has 11 nitrogen and oxygen atoms in total. The summed E-state index contributed by atoms with van der Waals surface area (Å²) in [5.74, 6) is -0.0298. The molecule has 13 heteroatoms. The van der Waals surface area contributed by atoms with E-state index in [9.17, 15) is 9.69 Å². The number of imidazole rings is 1. The Balaban J connectivity index is 1.78. The minimum Gasteiger partial charge on any atom is -0.371 e. The highest BCUT2D eigenvalue weighted by atomic mass is 32.5. The Kier molecular flexibility index (Phi) is 6.05. The Labute approximate surface area is 197 Å². The van der Waals surface area contributed by atoms with Crippen LogP contribution in [-0.2, 0) is 30.3 Å². The van der Waals surface area contributed by atoms with Crippen molar-refractivity contribution >= 4 is 35.6 Å². The maximum absolute atomic E-state index is 12.3. The van der Waals surface area contributed by atoms with Crippen LogP contribution in [0.3, 0.4) is 0 Å². The third kappa shape index (κ3) is 5.02. The molecule has 0 amide bonds. The van der Waals surface area contributed by atoms with E-state index >= 15 is 0 Å². The van der Waals surface area contributed by atoms with Gasteiger partial charge in [-0.15, -0.1) is 0 Å². The van der Waals surface area contributed by atoms with Gasteiger partial charge in [-0.3, -0.25) is 18.9 Å². The Hall–Kier alpha value is -1.40. The molecule has 5 atom stereocenters. The summed E-state index contributed by atoms with van der Waals surface area (Å²) in [6.45, 7) is 8.52. The highest BCUT2D eigenvalue weighted by molar-refractivity contribution is 8.07. The zero-order chi connectivity index (χ0) is 24.4. The van der Waals surface area contributed by atoms with Gasteiger partial charge in [0.15, 0.2) is 17.4 Å². The molecule has 4 rings (SSSR count). The first kappa shape index (κ1) is 24.7. The van der Waals surface area contributed by atoms with Crippen LogP contribution in [0, 0.1) is 5.41 Å². The molecular weight excluding hydrogens is 469 g/mol. The van der Waals surface area contributed by atoms with Crippen molar-refractivity contribution in [2.75, 3.05) is 12.3 Å². The molecule has 2 aromatic heterocycles. The molecule has 2 unspecified atom stereocenters. The van der Waals surface area contributed by atoms with Gasteiger partial charge < -0.3 is 24.6 Å². The molecule has 2 saturated heterocycles. The fourth-order valence-corrected chi connectivity index (χ4v) is 6.99. The number of hydrogen-bond donors (Lipinski definition) is 3.